The van der Waals surface area contributed by atoms with Crippen molar-refractivity contribution in [2.24, 2.45) is 5.92 Å². The van der Waals surface area contributed by atoms with Crippen molar-refractivity contribution < 1.29 is 18.7 Å². The van der Waals surface area contributed by atoms with Gasteiger partial charge in [0.2, 0.25) is 5.91 Å². The van der Waals surface area contributed by atoms with Gasteiger partial charge in [0.1, 0.15) is 5.76 Å². The summed E-state index contributed by atoms with van der Waals surface area (Å²) in [5.41, 5.74) is 1.12. The van der Waals surface area contributed by atoms with Crippen molar-refractivity contribution in [1.82, 2.24) is 5.32 Å². The summed E-state index contributed by atoms with van der Waals surface area (Å²) in [7, 11) is 3.25. The van der Waals surface area contributed by atoms with Gasteiger partial charge in [-0.25, -0.2) is 0 Å². The third-order valence-electron chi connectivity index (χ3n) is 4.34. The monoisotopic (exact) mass is 345 g/mol. The molecule has 5 heteroatoms. The number of benzene rings is 1. The molecule has 0 saturated carbocycles. The van der Waals surface area contributed by atoms with Crippen LogP contribution in [0.3, 0.4) is 0 Å². The molecule has 2 rings (SSSR count). The van der Waals surface area contributed by atoms with Crippen molar-refractivity contribution in [1.29, 1.82) is 0 Å². The van der Waals surface area contributed by atoms with E-state index in [0.29, 0.717) is 36.8 Å². The maximum atomic E-state index is 12.1. The lowest BCUT2D eigenvalue weighted by Crippen LogP contribution is -2.30. The fourth-order valence-corrected chi connectivity index (χ4v) is 2.83. The number of ether oxygens (including phenoxy) is 2. The van der Waals surface area contributed by atoms with Gasteiger partial charge in [-0.2, -0.15) is 0 Å². The van der Waals surface area contributed by atoms with Crippen LogP contribution in [0.2, 0.25) is 0 Å². The highest BCUT2D eigenvalue weighted by atomic mass is 16.5. The highest BCUT2D eigenvalue weighted by Gasteiger charge is 2.19. The first-order chi connectivity index (χ1) is 12.0. The number of carbonyl (C=O) groups is 1. The Kier molecular flexibility index (Phi) is 6.92. The molecule has 0 spiro atoms. The van der Waals surface area contributed by atoms with Crippen molar-refractivity contribution in [2.45, 2.75) is 32.6 Å². The van der Waals surface area contributed by atoms with E-state index in [4.69, 9.17) is 13.9 Å². The summed E-state index contributed by atoms with van der Waals surface area (Å²) in [6.45, 7) is 4.89. The largest absolute Gasteiger partial charge is 0.493 e. The fourth-order valence-electron chi connectivity index (χ4n) is 2.83. The summed E-state index contributed by atoms with van der Waals surface area (Å²) >= 11 is 0. The van der Waals surface area contributed by atoms with E-state index >= 15 is 0 Å². The zero-order valence-electron chi connectivity index (χ0n) is 15.4. The van der Waals surface area contributed by atoms with Gasteiger partial charge in [-0.05, 0) is 35.7 Å². The van der Waals surface area contributed by atoms with E-state index in [9.17, 15) is 4.79 Å². The number of methoxy groups -OCH3 is 2. The van der Waals surface area contributed by atoms with Gasteiger partial charge in [-0.1, -0.05) is 19.9 Å². The van der Waals surface area contributed by atoms with E-state index < -0.39 is 0 Å². The van der Waals surface area contributed by atoms with Crippen molar-refractivity contribution in [2.75, 3.05) is 20.8 Å². The molecule has 1 aromatic heterocycles. The molecule has 1 amide bonds. The molecular formula is C20H27NO4. The van der Waals surface area contributed by atoms with Gasteiger partial charge in [0.15, 0.2) is 11.5 Å². The minimum Gasteiger partial charge on any atom is -0.493 e. The highest BCUT2D eigenvalue weighted by molar-refractivity contribution is 5.76. The molecule has 0 aliphatic rings. The molecule has 1 unspecified atom stereocenters. The summed E-state index contributed by atoms with van der Waals surface area (Å²) in [6.07, 6.45) is 2.66. The van der Waals surface area contributed by atoms with Gasteiger partial charge in [0, 0.05) is 25.3 Å². The molecule has 2 aromatic rings. The molecule has 0 fully saturated rings. The van der Waals surface area contributed by atoms with Crippen LogP contribution in [0, 0.1) is 5.92 Å². The summed E-state index contributed by atoms with van der Waals surface area (Å²) in [4.78, 5) is 12.1. The minimum absolute atomic E-state index is 0.0301. The van der Waals surface area contributed by atoms with Crippen LogP contribution in [-0.2, 0) is 11.2 Å². The van der Waals surface area contributed by atoms with Gasteiger partial charge in [0.25, 0.3) is 0 Å². The Morgan fingerprint density at radius 2 is 1.92 bits per heavy atom. The zero-order valence-corrected chi connectivity index (χ0v) is 15.4. The first-order valence-electron chi connectivity index (χ1n) is 8.56. The lowest BCUT2D eigenvalue weighted by molar-refractivity contribution is -0.121. The van der Waals surface area contributed by atoms with Crippen molar-refractivity contribution in [3.8, 4) is 11.5 Å². The van der Waals surface area contributed by atoms with E-state index in [0.717, 1.165) is 11.3 Å². The molecule has 136 valence electrons. The lowest BCUT2D eigenvalue weighted by atomic mass is 9.88. The first kappa shape index (κ1) is 18.9. The number of furan rings is 1. The van der Waals surface area contributed by atoms with E-state index in [2.05, 4.69) is 19.2 Å². The molecule has 1 atom stereocenters. The average Bonchev–Trinajstić information content (AvgIpc) is 3.13. The summed E-state index contributed by atoms with van der Waals surface area (Å²) in [5.74, 6) is 2.85. The Morgan fingerprint density at radius 1 is 1.16 bits per heavy atom. The number of hydrogen-bond donors (Lipinski definition) is 1. The second kappa shape index (κ2) is 9.16. The smallest absolute Gasteiger partial charge is 0.220 e. The Bertz CT molecular complexity index is 664. The number of amides is 1. The molecule has 1 heterocycles. The standard InChI is InChI=1S/C20H27NO4/c1-14(2)17(15-7-9-18(23-3)19(12-15)24-4)13-21-20(22)10-8-16-6-5-11-25-16/h5-7,9,11-12,14,17H,8,10,13H2,1-4H3,(H,21,22). The van der Waals surface area contributed by atoms with Gasteiger partial charge in [-0.15, -0.1) is 0 Å². The summed E-state index contributed by atoms with van der Waals surface area (Å²) in [6, 6.07) is 9.63. The average molecular weight is 345 g/mol. The topological polar surface area (TPSA) is 60.7 Å². The Hall–Kier alpha value is -2.43. The molecular weight excluding hydrogens is 318 g/mol. The third-order valence-corrected chi connectivity index (χ3v) is 4.34. The number of nitrogens with one attached hydrogen (secondary N) is 1. The van der Waals surface area contributed by atoms with Crippen LogP contribution in [0.5, 0.6) is 11.5 Å². The van der Waals surface area contributed by atoms with Crippen molar-refractivity contribution >= 4 is 5.91 Å². The molecule has 0 aliphatic carbocycles. The number of rotatable bonds is 9. The lowest BCUT2D eigenvalue weighted by Gasteiger charge is -2.23. The minimum atomic E-state index is 0.0301. The maximum absolute atomic E-state index is 12.1. The number of aryl methyl sites for hydroxylation is 1. The number of hydrogen-bond acceptors (Lipinski definition) is 4. The molecule has 1 N–H and O–H groups in total. The molecule has 0 saturated heterocycles. The van der Waals surface area contributed by atoms with Gasteiger partial charge in [-0.3, -0.25) is 4.79 Å². The number of carbonyl (C=O) groups excluding carboxylic acids is 1. The molecule has 25 heavy (non-hydrogen) atoms. The van der Waals surface area contributed by atoms with Crippen LogP contribution in [0.4, 0.5) is 0 Å². The second-order valence-electron chi connectivity index (χ2n) is 6.35. The normalized spacial score (nSPS) is 12.0. The van der Waals surface area contributed by atoms with Crippen LogP contribution in [0.15, 0.2) is 41.0 Å². The Labute approximate surface area is 149 Å². The predicted molar refractivity (Wildman–Crippen MR) is 97.2 cm³/mol. The highest BCUT2D eigenvalue weighted by Crippen LogP contribution is 2.33. The molecule has 0 aliphatic heterocycles. The van der Waals surface area contributed by atoms with Gasteiger partial charge in [0.05, 0.1) is 20.5 Å². The molecule has 0 radical (unpaired) electrons. The van der Waals surface area contributed by atoms with Crippen molar-refractivity contribution in [3.05, 3.63) is 47.9 Å². The third kappa shape index (κ3) is 5.28. The zero-order chi connectivity index (χ0) is 18.2. The van der Waals surface area contributed by atoms with Crippen LogP contribution < -0.4 is 14.8 Å². The quantitative estimate of drug-likeness (QED) is 0.751. The maximum Gasteiger partial charge on any atom is 0.220 e. The van der Waals surface area contributed by atoms with E-state index in [-0.39, 0.29) is 11.8 Å². The van der Waals surface area contributed by atoms with Gasteiger partial charge >= 0.3 is 0 Å². The Balaban J connectivity index is 1.97. The van der Waals surface area contributed by atoms with E-state index in [1.807, 2.05) is 30.3 Å². The fraction of sp³-hybridized carbons (Fsp3) is 0.450. The molecule has 0 bridgehead atoms. The van der Waals surface area contributed by atoms with E-state index in [1.54, 1.807) is 20.5 Å². The van der Waals surface area contributed by atoms with Crippen LogP contribution in [0.25, 0.3) is 0 Å². The first-order valence-corrected chi connectivity index (χ1v) is 8.56. The van der Waals surface area contributed by atoms with Crippen LogP contribution >= 0.6 is 0 Å². The SMILES string of the molecule is COc1ccc(C(CNC(=O)CCc2ccco2)C(C)C)cc1OC. The molecule has 1 aromatic carbocycles. The predicted octanol–water partition coefficient (Wildman–Crippen LogP) is 3.79. The summed E-state index contributed by atoms with van der Waals surface area (Å²) in [5, 5.41) is 3.04. The second-order valence-corrected chi connectivity index (χ2v) is 6.35. The summed E-state index contributed by atoms with van der Waals surface area (Å²) < 4.78 is 15.9. The molecule has 5 nitrogen and oxygen atoms in total. The van der Waals surface area contributed by atoms with Crippen LogP contribution in [-0.4, -0.2) is 26.7 Å². The van der Waals surface area contributed by atoms with Crippen LogP contribution in [0.1, 0.15) is 37.5 Å². The van der Waals surface area contributed by atoms with E-state index in [1.165, 1.54) is 0 Å². The van der Waals surface area contributed by atoms with Crippen molar-refractivity contribution in [3.63, 3.8) is 0 Å². The van der Waals surface area contributed by atoms with Gasteiger partial charge < -0.3 is 19.2 Å². The Morgan fingerprint density at radius 3 is 2.52 bits per heavy atom.